The predicted molar refractivity (Wildman–Crippen MR) is 108 cm³/mol. The Morgan fingerprint density at radius 1 is 0.852 bits per heavy atom. The van der Waals surface area contributed by atoms with Gasteiger partial charge in [0.15, 0.2) is 0 Å². The van der Waals surface area contributed by atoms with Crippen LogP contribution in [0.15, 0.2) is 77.7 Å². The minimum atomic E-state index is -4.13. The van der Waals surface area contributed by atoms with Crippen LogP contribution in [0.5, 0.6) is 0 Å². The van der Waals surface area contributed by atoms with Crippen molar-refractivity contribution < 1.29 is 13.2 Å². The van der Waals surface area contributed by atoms with Crippen LogP contribution in [0.2, 0.25) is 10.0 Å². The molecule has 1 amide bonds. The molecule has 7 heteroatoms. The van der Waals surface area contributed by atoms with E-state index < -0.39 is 15.9 Å². The van der Waals surface area contributed by atoms with Crippen LogP contribution in [0.4, 0.5) is 5.69 Å². The first kappa shape index (κ1) is 19.4. The Kier molecular flexibility index (Phi) is 5.56. The maximum Gasteiger partial charge on any atom is 0.272 e. The zero-order chi connectivity index (χ0) is 19.6. The molecule has 27 heavy (non-hydrogen) atoms. The van der Waals surface area contributed by atoms with Crippen molar-refractivity contribution in [3.05, 3.63) is 94.0 Å². The van der Waals surface area contributed by atoms with E-state index in [0.29, 0.717) is 0 Å². The Morgan fingerprint density at radius 3 is 2.07 bits per heavy atom. The van der Waals surface area contributed by atoms with E-state index in [1.807, 2.05) is 6.92 Å². The third-order valence-electron chi connectivity index (χ3n) is 3.90. The number of aryl methyl sites for hydroxylation is 1. The quantitative estimate of drug-likeness (QED) is 0.573. The molecule has 4 nitrogen and oxygen atoms in total. The van der Waals surface area contributed by atoms with E-state index in [2.05, 4.69) is 0 Å². The van der Waals surface area contributed by atoms with E-state index in [1.54, 1.807) is 42.5 Å². The molecule has 0 saturated heterocycles. The highest BCUT2D eigenvalue weighted by Crippen LogP contribution is 2.28. The third-order valence-corrected chi connectivity index (χ3v) is 6.37. The second kappa shape index (κ2) is 7.72. The number of halogens is 2. The van der Waals surface area contributed by atoms with E-state index >= 15 is 0 Å². The van der Waals surface area contributed by atoms with Crippen molar-refractivity contribution in [1.82, 2.24) is 0 Å². The van der Waals surface area contributed by atoms with Gasteiger partial charge in [0.1, 0.15) is 0 Å². The number of carbonyl (C=O) groups excluding carboxylic acids is 1. The smallest absolute Gasteiger partial charge is 0.268 e. The molecule has 0 aliphatic rings. The van der Waals surface area contributed by atoms with Crippen LogP contribution in [-0.4, -0.2) is 14.3 Å². The number of sulfonamides is 1. The molecule has 0 aliphatic heterocycles. The first-order valence-electron chi connectivity index (χ1n) is 7.97. The number of benzene rings is 3. The van der Waals surface area contributed by atoms with Crippen molar-refractivity contribution in [2.75, 3.05) is 4.31 Å². The maximum absolute atomic E-state index is 13.3. The average molecular weight is 420 g/mol. The van der Waals surface area contributed by atoms with E-state index in [4.69, 9.17) is 23.2 Å². The zero-order valence-corrected chi connectivity index (χ0v) is 16.6. The molecule has 0 saturated carbocycles. The number of anilines is 1. The minimum absolute atomic E-state index is 0.0189. The summed E-state index contributed by atoms with van der Waals surface area (Å²) in [6, 6.07) is 18.7. The molecule has 0 radical (unpaired) electrons. The molecule has 0 aromatic heterocycles. The number of carbonyl (C=O) groups is 1. The van der Waals surface area contributed by atoms with Crippen LogP contribution < -0.4 is 4.31 Å². The van der Waals surface area contributed by atoms with Crippen LogP contribution in [0, 0.1) is 6.92 Å². The molecule has 0 heterocycles. The number of rotatable bonds is 4. The zero-order valence-electron chi connectivity index (χ0n) is 14.3. The van der Waals surface area contributed by atoms with Crippen molar-refractivity contribution >= 4 is 44.8 Å². The van der Waals surface area contributed by atoms with Gasteiger partial charge < -0.3 is 0 Å². The van der Waals surface area contributed by atoms with Gasteiger partial charge in [0.25, 0.3) is 15.9 Å². The standard InChI is InChI=1S/C20H15Cl2NO3S/c1-14-7-10-17(11-8-14)27(25,26)23(16-5-3-2-4-6-16)20(24)15-9-12-18(21)19(22)13-15/h2-13H,1H3. The fourth-order valence-corrected chi connectivity index (χ4v) is 4.20. The number of nitrogens with zero attached hydrogens (tertiary/aromatic N) is 1. The Hall–Kier alpha value is -2.34. The fourth-order valence-electron chi connectivity index (χ4n) is 2.49. The Balaban J connectivity index is 2.15. The van der Waals surface area contributed by atoms with Gasteiger partial charge in [-0.2, -0.15) is 4.31 Å². The molecule has 0 aliphatic carbocycles. The SMILES string of the molecule is Cc1ccc(S(=O)(=O)N(C(=O)c2ccc(Cl)c(Cl)c2)c2ccccc2)cc1. The van der Waals surface area contributed by atoms with Crippen LogP contribution in [-0.2, 0) is 10.0 Å². The monoisotopic (exact) mass is 419 g/mol. The summed E-state index contributed by atoms with van der Waals surface area (Å²) in [7, 11) is -4.13. The van der Waals surface area contributed by atoms with E-state index in [-0.39, 0.29) is 26.2 Å². The van der Waals surface area contributed by atoms with Crippen molar-refractivity contribution in [2.45, 2.75) is 11.8 Å². The van der Waals surface area contributed by atoms with Gasteiger partial charge in [0.2, 0.25) is 0 Å². The average Bonchev–Trinajstić information content (AvgIpc) is 2.65. The number of amides is 1. The largest absolute Gasteiger partial charge is 0.272 e. The highest BCUT2D eigenvalue weighted by Gasteiger charge is 2.32. The lowest BCUT2D eigenvalue weighted by atomic mass is 10.2. The molecule has 0 bridgehead atoms. The normalized spacial score (nSPS) is 11.2. The fraction of sp³-hybridized carbons (Fsp3) is 0.0500. The molecule has 3 aromatic rings. The third kappa shape index (κ3) is 4.00. The van der Waals surface area contributed by atoms with Gasteiger partial charge in [-0.05, 0) is 49.4 Å². The van der Waals surface area contributed by atoms with Crippen molar-refractivity contribution in [1.29, 1.82) is 0 Å². The molecule has 0 unspecified atom stereocenters. The first-order valence-corrected chi connectivity index (χ1v) is 10.2. The lowest BCUT2D eigenvalue weighted by Gasteiger charge is -2.23. The van der Waals surface area contributed by atoms with Crippen LogP contribution >= 0.6 is 23.2 Å². The predicted octanol–water partition coefficient (Wildman–Crippen LogP) is 5.34. The summed E-state index contributed by atoms with van der Waals surface area (Å²) in [5, 5.41) is 0.448. The summed E-state index contributed by atoms with van der Waals surface area (Å²) in [5.41, 5.74) is 1.26. The Morgan fingerprint density at radius 2 is 1.48 bits per heavy atom. The number of hydrogen-bond acceptors (Lipinski definition) is 3. The number of para-hydroxylation sites is 1. The van der Waals surface area contributed by atoms with E-state index in [0.717, 1.165) is 9.87 Å². The Labute approximate surface area is 168 Å². The summed E-state index contributed by atoms with van der Waals surface area (Å²) in [5.74, 6) is -0.722. The van der Waals surface area contributed by atoms with E-state index in [1.165, 1.54) is 30.3 Å². The van der Waals surface area contributed by atoms with Gasteiger partial charge in [-0.25, -0.2) is 8.42 Å². The summed E-state index contributed by atoms with van der Waals surface area (Å²) < 4.78 is 27.3. The highest BCUT2D eigenvalue weighted by atomic mass is 35.5. The second-order valence-corrected chi connectivity index (χ2v) is 8.45. The molecule has 0 atom stereocenters. The summed E-state index contributed by atoms with van der Waals surface area (Å²) in [6.45, 7) is 1.85. The molecular formula is C20H15Cl2NO3S. The molecule has 3 rings (SSSR count). The van der Waals surface area contributed by atoms with Crippen molar-refractivity contribution in [2.24, 2.45) is 0 Å². The lowest BCUT2D eigenvalue weighted by molar-refractivity contribution is 0.101. The highest BCUT2D eigenvalue weighted by molar-refractivity contribution is 7.93. The molecule has 0 spiro atoms. The molecular weight excluding hydrogens is 405 g/mol. The number of hydrogen-bond donors (Lipinski definition) is 0. The first-order chi connectivity index (χ1) is 12.8. The lowest BCUT2D eigenvalue weighted by Crippen LogP contribution is -2.37. The van der Waals surface area contributed by atoms with Crippen LogP contribution in [0.25, 0.3) is 0 Å². The summed E-state index contributed by atoms with van der Waals surface area (Å²) in [6.07, 6.45) is 0. The summed E-state index contributed by atoms with van der Waals surface area (Å²) >= 11 is 11.9. The molecule has 138 valence electrons. The minimum Gasteiger partial charge on any atom is -0.268 e. The second-order valence-electron chi connectivity index (χ2n) is 5.85. The molecule has 0 fully saturated rings. The van der Waals surface area contributed by atoms with Gasteiger partial charge in [-0.1, -0.05) is 59.1 Å². The molecule has 0 N–H and O–H groups in total. The van der Waals surface area contributed by atoms with Gasteiger partial charge >= 0.3 is 0 Å². The van der Waals surface area contributed by atoms with Gasteiger partial charge in [0, 0.05) is 5.56 Å². The van der Waals surface area contributed by atoms with Crippen molar-refractivity contribution in [3.8, 4) is 0 Å². The topological polar surface area (TPSA) is 54.5 Å². The maximum atomic E-state index is 13.3. The Bertz CT molecular complexity index is 1080. The van der Waals surface area contributed by atoms with Gasteiger partial charge in [0.05, 0.1) is 20.6 Å². The van der Waals surface area contributed by atoms with Crippen LogP contribution in [0.1, 0.15) is 15.9 Å². The summed E-state index contributed by atoms with van der Waals surface area (Å²) in [4.78, 5) is 13.2. The van der Waals surface area contributed by atoms with Gasteiger partial charge in [-0.3, -0.25) is 4.79 Å². The van der Waals surface area contributed by atoms with Gasteiger partial charge in [-0.15, -0.1) is 0 Å². The van der Waals surface area contributed by atoms with E-state index in [9.17, 15) is 13.2 Å². The van der Waals surface area contributed by atoms with Crippen LogP contribution in [0.3, 0.4) is 0 Å². The molecule has 3 aromatic carbocycles. The van der Waals surface area contributed by atoms with Crippen molar-refractivity contribution in [3.63, 3.8) is 0 Å².